The van der Waals surface area contributed by atoms with Gasteiger partial charge in [-0.25, -0.2) is 0 Å². The number of aromatic amines is 1. The van der Waals surface area contributed by atoms with Gasteiger partial charge in [-0.15, -0.1) is 0 Å². The number of para-hydroxylation sites is 1. The molecule has 21 heavy (non-hydrogen) atoms. The minimum absolute atomic E-state index is 0.245. The smallest absolute Gasteiger partial charge is 0.223 e. The molecule has 1 saturated heterocycles. The first-order valence-electron chi connectivity index (χ1n) is 7.84. The van der Waals surface area contributed by atoms with Gasteiger partial charge in [-0.2, -0.15) is 0 Å². The molecule has 112 valence electrons. The van der Waals surface area contributed by atoms with Gasteiger partial charge in [-0.1, -0.05) is 18.2 Å². The normalized spacial score (nSPS) is 19.1. The third kappa shape index (κ3) is 2.95. The van der Waals surface area contributed by atoms with E-state index < -0.39 is 0 Å². The van der Waals surface area contributed by atoms with E-state index in [1.807, 2.05) is 23.2 Å². The predicted molar refractivity (Wildman–Crippen MR) is 85.0 cm³/mol. The summed E-state index contributed by atoms with van der Waals surface area (Å²) in [6.45, 7) is 1.45. The number of carbonyl (C=O) groups excluding carboxylic acids is 1. The number of hydrogen-bond acceptors (Lipinski definition) is 2. The second kappa shape index (κ2) is 6.31. The van der Waals surface area contributed by atoms with Gasteiger partial charge in [0.05, 0.1) is 0 Å². The van der Waals surface area contributed by atoms with Gasteiger partial charge in [0, 0.05) is 42.7 Å². The number of aryl methyl sites for hydroxylation is 1. The molecule has 1 fully saturated rings. The van der Waals surface area contributed by atoms with Crippen molar-refractivity contribution in [2.24, 2.45) is 5.73 Å². The Morgan fingerprint density at radius 2 is 2.19 bits per heavy atom. The Hall–Kier alpha value is -1.81. The van der Waals surface area contributed by atoms with E-state index >= 15 is 0 Å². The number of hydrogen-bond donors (Lipinski definition) is 2. The lowest BCUT2D eigenvalue weighted by Crippen LogP contribution is -2.47. The largest absolute Gasteiger partial charge is 0.361 e. The first-order valence-corrected chi connectivity index (χ1v) is 7.84. The molecule has 0 bridgehead atoms. The van der Waals surface area contributed by atoms with Crippen molar-refractivity contribution in [2.45, 2.75) is 38.1 Å². The van der Waals surface area contributed by atoms with Crippen molar-refractivity contribution in [2.75, 3.05) is 13.1 Å². The molecule has 1 amide bonds. The summed E-state index contributed by atoms with van der Waals surface area (Å²) in [6.07, 6.45) is 6.72. The molecule has 3 rings (SSSR count). The fourth-order valence-corrected chi connectivity index (χ4v) is 3.30. The van der Waals surface area contributed by atoms with Crippen LogP contribution in [0.25, 0.3) is 10.9 Å². The summed E-state index contributed by atoms with van der Waals surface area (Å²) in [4.78, 5) is 17.7. The highest BCUT2D eigenvalue weighted by atomic mass is 16.2. The van der Waals surface area contributed by atoms with Crippen molar-refractivity contribution in [1.29, 1.82) is 0 Å². The van der Waals surface area contributed by atoms with Crippen LogP contribution in [0.4, 0.5) is 0 Å². The van der Waals surface area contributed by atoms with Gasteiger partial charge >= 0.3 is 0 Å². The van der Waals surface area contributed by atoms with Crippen LogP contribution in [0.1, 0.15) is 31.2 Å². The van der Waals surface area contributed by atoms with E-state index in [0.29, 0.717) is 13.0 Å². The van der Waals surface area contributed by atoms with E-state index in [1.165, 1.54) is 17.4 Å². The van der Waals surface area contributed by atoms with Crippen molar-refractivity contribution in [3.05, 3.63) is 36.0 Å². The van der Waals surface area contributed by atoms with Crippen molar-refractivity contribution in [1.82, 2.24) is 9.88 Å². The first kappa shape index (κ1) is 14.1. The van der Waals surface area contributed by atoms with Crippen LogP contribution in [0.2, 0.25) is 0 Å². The van der Waals surface area contributed by atoms with Crippen LogP contribution in [0.15, 0.2) is 30.5 Å². The molecule has 0 spiro atoms. The maximum Gasteiger partial charge on any atom is 0.223 e. The minimum atomic E-state index is 0.245. The Labute approximate surface area is 125 Å². The second-order valence-electron chi connectivity index (χ2n) is 5.83. The Balaban J connectivity index is 1.65. The molecule has 0 aliphatic carbocycles. The number of nitrogens with one attached hydrogen (secondary N) is 1. The van der Waals surface area contributed by atoms with Gasteiger partial charge in [0.25, 0.3) is 0 Å². The lowest BCUT2D eigenvalue weighted by Gasteiger charge is -2.35. The van der Waals surface area contributed by atoms with Crippen LogP contribution in [-0.2, 0) is 11.2 Å². The number of fused-ring (bicyclic) bond motifs is 1. The zero-order valence-corrected chi connectivity index (χ0v) is 12.3. The molecule has 1 aliphatic heterocycles. The average Bonchev–Trinajstić information content (AvgIpc) is 2.96. The van der Waals surface area contributed by atoms with Crippen LogP contribution in [0, 0.1) is 0 Å². The molecule has 3 N–H and O–H groups in total. The van der Waals surface area contributed by atoms with E-state index in [-0.39, 0.29) is 11.9 Å². The maximum absolute atomic E-state index is 12.5. The highest BCUT2D eigenvalue weighted by Crippen LogP contribution is 2.21. The molecule has 4 nitrogen and oxygen atoms in total. The zero-order valence-electron chi connectivity index (χ0n) is 12.3. The highest BCUT2D eigenvalue weighted by Gasteiger charge is 2.25. The van der Waals surface area contributed by atoms with Gasteiger partial charge < -0.3 is 15.6 Å². The number of rotatable bonds is 4. The van der Waals surface area contributed by atoms with Gasteiger partial charge in [-0.3, -0.25) is 4.79 Å². The maximum atomic E-state index is 12.5. The number of carbonyl (C=O) groups is 1. The standard InChI is InChI=1S/C17H23N3O/c18-11-14-5-3-4-10-20(14)17(21)9-8-13-12-19-16-7-2-1-6-15(13)16/h1-2,6-7,12,14,19H,3-5,8-11,18H2. The number of aromatic nitrogens is 1. The van der Waals surface area contributed by atoms with Gasteiger partial charge in [0.2, 0.25) is 5.91 Å². The predicted octanol–water partition coefficient (Wildman–Crippen LogP) is 2.44. The third-order valence-electron chi connectivity index (χ3n) is 4.50. The number of piperidine rings is 1. The minimum Gasteiger partial charge on any atom is -0.361 e. The number of H-pyrrole nitrogens is 1. The van der Waals surface area contributed by atoms with Gasteiger partial charge in [0.15, 0.2) is 0 Å². The van der Waals surface area contributed by atoms with Crippen molar-refractivity contribution >= 4 is 16.8 Å². The van der Waals surface area contributed by atoms with Crippen molar-refractivity contribution in [3.8, 4) is 0 Å². The van der Waals surface area contributed by atoms with Crippen LogP contribution in [0.5, 0.6) is 0 Å². The van der Waals surface area contributed by atoms with E-state index in [0.717, 1.165) is 31.3 Å². The lowest BCUT2D eigenvalue weighted by atomic mass is 10.0. The summed E-state index contributed by atoms with van der Waals surface area (Å²) in [6, 6.07) is 8.48. The van der Waals surface area contributed by atoms with Crippen molar-refractivity contribution < 1.29 is 4.79 Å². The molecule has 1 unspecified atom stereocenters. The molecular weight excluding hydrogens is 262 g/mol. The molecular formula is C17H23N3O. The topological polar surface area (TPSA) is 62.1 Å². The number of nitrogens with two attached hydrogens (primary N) is 1. The highest BCUT2D eigenvalue weighted by molar-refractivity contribution is 5.84. The molecule has 1 atom stereocenters. The van der Waals surface area contributed by atoms with Gasteiger partial charge in [-0.05, 0) is 37.3 Å². The summed E-state index contributed by atoms with van der Waals surface area (Å²) in [7, 11) is 0. The van der Waals surface area contributed by atoms with Crippen molar-refractivity contribution in [3.63, 3.8) is 0 Å². The molecule has 2 aromatic rings. The Kier molecular flexibility index (Phi) is 4.25. The summed E-state index contributed by atoms with van der Waals surface area (Å²) >= 11 is 0. The van der Waals surface area contributed by atoms with Crippen LogP contribution < -0.4 is 5.73 Å². The number of amides is 1. The van der Waals surface area contributed by atoms with E-state index in [4.69, 9.17) is 5.73 Å². The summed E-state index contributed by atoms with van der Waals surface area (Å²) in [5, 5.41) is 1.22. The monoisotopic (exact) mass is 285 g/mol. The average molecular weight is 285 g/mol. The zero-order chi connectivity index (χ0) is 14.7. The number of nitrogens with zero attached hydrogens (tertiary/aromatic N) is 1. The molecule has 2 heterocycles. The molecule has 1 aromatic carbocycles. The van der Waals surface area contributed by atoms with Crippen LogP contribution in [0.3, 0.4) is 0 Å². The number of likely N-dealkylation sites (tertiary alicyclic amines) is 1. The van der Waals surface area contributed by atoms with Crippen LogP contribution >= 0.6 is 0 Å². The van der Waals surface area contributed by atoms with E-state index in [1.54, 1.807) is 0 Å². The lowest BCUT2D eigenvalue weighted by molar-refractivity contribution is -0.134. The molecule has 0 saturated carbocycles. The number of benzene rings is 1. The molecule has 1 aliphatic rings. The summed E-state index contributed by atoms with van der Waals surface area (Å²) in [5.41, 5.74) is 8.16. The molecule has 4 heteroatoms. The fraction of sp³-hybridized carbons (Fsp3) is 0.471. The Morgan fingerprint density at radius 1 is 1.33 bits per heavy atom. The molecule has 0 radical (unpaired) electrons. The SMILES string of the molecule is NCC1CCCCN1C(=O)CCc1c[nH]c2ccccc12. The van der Waals surface area contributed by atoms with Gasteiger partial charge in [0.1, 0.15) is 0 Å². The molecule has 1 aromatic heterocycles. The first-order chi connectivity index (χ1) is 10.3. The van der Waals surface area contributed by atoms with Crippen LogP contribution in [-0.4, -0.2) is 34.9 Å². The van der Waals surface area contributed by atoms with E-state index in [9.17, 15) is 4.79 Å². The third-order valence-corrected chi connectivity index (χ3v) is 4.50. The van der Waals surface area contributed by atoms with E-state index in [2.05, 4.69) is 17.1 Å². The summed E-state index contributed by atoms with van der Waals surface area (Å²) < 4.78 is 0. The Bertz CT molecular complexity index is 619. The fourth-order valence-electron chi connectivity index (χ4n) is 3.30. The quantitative estimate of drug-likeness (QED) is 0.906. The summed E-state index contributed by atoms with van der Waals surface area (Å²) in [5.74, 6) is 0.246. The second-order valence-corrected chi connectivity index (χ2v) is 5.83. The Morgan fingerprint density at radius 3 is 3.05 bits per heavy atom.